The van der Waals surface area contributed by atoms with Gasteiger partial charge in [0.15, 0.2) is 0 Å². The highest BCUT2D eigenvalue weighted by Gasteiger charge is 2.46. The van der Waals surface area contributed by atoms with Gasteiger partial charge in [0.2, 0.25) is 0 Å². The molecule has 1 saturated heterocycles. The first-order chi connectivity index (χ1) is 16.0. The van der Waals surface area contributed by atoms with Crippen LogP contribution in [0.2, 0.25) is 5.02 Å². The van der Waals surface area contributed by atoms with Crippen LogP contribution in [0.1, 0.15) is 22.7 Å². The number of benzene rings is 1. The number of ether oxygens (including phenoxy) is 2. The molecule has 1 atom stereocenters. The van der Waals surface area contributed by atoms with Crippen molar-refractivity contribution in [1.82, 2.24) is 14.9 Å². The van der Waals surface area contributed by atoms with Crippen molar-refractivity contribution in [2.24, 2.45) is 0 Å². The Bertz CT molecular complexity index is 1230. The fourth-order valence-electron chi connectivity index (χ4n) is 3.81. The Kier molecular flexibility index (Phi) is 6.28. The van der Waals surface area contributed by atoms with Gasteiger partial charge in [-0.05, 0) is 29.3 Å². The Hall–Kier alpha value is -3.91. The Labute approximate surface area is 195 Å². The largest absolute Gasteiger partial charge is 0.507 e. The molecule has 2 aromatic heterocycles. The van der Waals surface area contributed by atoms with E-state index in [9.17, 15) is 14.7 Å². The quantitative estimate of drug-likeness (QED) is 0.336. The maximum absolute atomic E-state index is 13.2. The number of carbonyl (C=O) groups is 2. The molecule has 0 bridgehead atoms. The number of hydrogen-bond acceptors (Lipinski definition) is 7. The fourth-order valence-corrected chi connectivity index (χ4v) is 4.04. The number of hydrogen-bond donors (Lipinski definition) is 1. The van der Waals surface area contributed by atoms with E-state index in [1.54, 1.807) is 49.1 Å². The molecule has 1 aliphatic rings. The SMILES string of the molecule is COc1cc(/C(O)=C2\C(=O)C(=O)N(Cc3cccnc3)C2c2cccnc2)c(OC)cc1Cl. The molecule has 3 aromatic rings. The Morgan fingerprint density at radius 1 is 1.06 bits per heavy atom. The van der Waals surface area contributed by atoms with Crippen LogP contribution in [0, 0.1) is 0 Å². The molecule has 1 N–H and O–H groups in total. The molecule has 4 rings (SSSR count). The third-order valence-electron chi connectivity index (χ3n) is 5.34. The molecule has 168 valence electrons. The van der Waals surface area contributed by atoms with Crippen molar-refractivity contribution in [2.45, 2.75) is 12.6 Å². The minimum atomic E-state index is -0.870. The number of pyridine rings is 2. The molecular formula is C24H20ClN3O5. The normalized spacial score (nSPS) is 17.3. The van der Waals surface area contributed by atoms with Crippen LogP contribution in [0.3, 0.4) is 0 Å². The number of aliphatic hydroxyl groups excluding tert-OH is 1. The van der Waals surface area contributed by atoms with Gasteiger partial charge in [-0.25, -0.2) is 0 Å². The molecule has 9 heteroatoms. The lowest BCUT2D eigenvalue weighted by Crippen LogP contribution is -2.29. The first kappa shape index (κ1) is 22.3. The first-order valence-electron chi connectivity index (χ1n) is 9.95. The highest BCUT2D eigenvalue weighted by molar-refractivity contribution is 6.46. The molecule has 1 aliphatic heterocycles. The summed E-state index contributed by atoms with van der Waals surface area (Å²) in [6.07, 6.45) is 6.38. The molecule has 1 fully saturated rings. The minimum Gasteiger partial charge on any atom is -0.507 e. The van der Waals surface area contributed by atoms with Gasteiger partial charge >= 0.3 is 0 Å². The van der Waals surface area contributed by atoms with Crippen molar-refractivity contribution in [2.75, 3.05) is 14.2 Å². The average molecular weight is 466 g/mol. The molecule has 8 nitrogen and oxygen atoms in total. The van der Waals surface area contributed by atoms with Crippen LogP contribution >= 0.6 is 11.6 Å². The zero-order valence-electron chi connectivity index (χ0n) is 17.9. The van der Waals surface area contributed by atoms with Gasteiger partial charge in [-0.1, -0.05) is 23.7 Å². The summed E-state index contributed by atoms with van der Waals surface area (Å²) in [5.74, 6) is -1.46. The molecule has 0 saturated carbocycles. The van der Waals surface area contributed by atoms with Crippen molar-refractivity contribution in [3.8, 4) is 11.5 Å². The molecular weight excluding hydrogens is 446 g/mol. The minimum absolute atomic E-state index is 0.0837. The summed E-state index contributed by atoms with van der Waals surface area (Å²) >= 11 is 6.19. The molecule has 0 radical (unpaired) electrons. The number of Topliss-reactive ketones (excluding diaryl/α,β-unsaturated/α-hetero) is 1. The van der Waals surface area contributed by atoms with Gasteiger partial charge in [-0.2, -0.15) is 0 Å². The third kappa shape index (κ3) is 4.12. The summed E-state index contributed by atoms with van der Waals surface area (Å²) in [4.78, 5) is 35.9. The van der Waals surface area contributed by atoms with Crippen LogP contribution in [-0.2, 0) is 16.1 Å². The number of halogens is 1. The lowest BCUT2D eigenvalue weighted by atomic mass is 9.95. The molecule has 1 unspecified atom stereocenters. The number of aromatic nitrogens is 2. The summed E-state index contributed by atoms with van der Waals surface area (Å²) in [6, 6.07) is 9.06. The number of aliphatic hydroxyl groups is 1. The van der Waals surface area contributed by atoms with Crippen LogP contribution < -0.4 is 9.47 Å². The van der Waals surface area contributed by atoms with Crippen LogP contribution in [0.5, 0.6) is 11.5 Å². The van der Waals surface area contributed by atoms with E-state index in [1.165, 1.54) is 31.3 Å². The lowest BCUT2D eigenvalue weighted by molar-refractivity contribution is -0.140. The second kappa shape index (κ2) is 9.30. The number of amides is 1. The van der Waals surface area contributed by atoms with E-state index in [0.29, 0.717) is 5.56 Å². The van der Waals surface area contributed by atoms with Gasteiger partial charge in [-0.15, -0.1) is 0 Å². The van der Waals surface area contributed by atoms with E-state index in [1.807, 2.05) is 0 Å². The average Bonchev–Trinajstić information content (AvgIpc) is 3.09. The first-order valence-corrected chi connectivity index (χ1v) is 10.3. The Morgan fingerprint density at radius 2 is 1.76 bits per heavy atom. The lowest BCUT2D eigenvalue weighted by Gasteiger charge is -2.25. The van der Waals surface area contributed by atoms with Crippen molar-refractivity contribution in [3.05, 3.63) is 88.5 Å². The van der Waals surface area contributed by atoms with E-state index >= 15 is 0 Å². The molecule has 0 spiro atoms. The predicted molar refractivity (Wildman–Crippen MR) is 121 cm³/mol. The summed E-state index contributed by atoms with van der Waals surface area (Å²) in [5, 5.41) is 11.6. The number of likely N-dealkylation sites (tertiary alicyclic amines) is 1. The smallest absolute Gasteiger partial charge is 0.295 e. The van der Waals surface area contributed by atoms with Crippen LogP contribution in [0.4, 0.5) is 0 Å². The summed E-state index contributed by atoms with van der Waals surface area (Å²) < 4.78 is 10.6. The van der Waals surface area contributed by atoms with Crippen molar-refractivity contribution in [1.29, 1.82) is 0 Å². The summed E-state index contributed by atoms with van der Waals surface area (Å²) in [7, 11) is 2.84. The number of methoxy groups -OCH3 is 2. The molecule has 0 aliphatic carbocycles. The van der Waals surface area contributed by atoms with Crippen LogP contribution in [0.25, 0.3) is 5.76 Å². The number of nitrogens with zero attached hydrogens (tertiary/aromatic N) is 3. The highest BCUT2D eigenvalue weighted by Crippen LogP contribution is 2.43. The Morgan fingerprint density at radius 3 is 2.36 bits per heavy atom. The summed E-state index contributed by atoms with van der Waals surface area (Å²) in [6.45, 7) is 0.121. The van der Waals surface area contributed by atoms with E-state index in [4.69, 9.17) is 21.1 Å². The van der Waals surface area contributed by atoms with Gasteiger partial charge in [0, 0.05) is 37.4 Å². The second-order valence-corrected chi connectivity index (χ2v) is 7.67. The van der Waals surface area contributed by atoms with E-state index in [2.05, 4.69) is 9.97 Å². The summed E-state index contributed by atoms with van der Waals surface area (Å²) in [5.41, 5.74) is 1.40. The maximum Gasteiger partial charge on any atom is 0.295 e. The van der Waals surface area contributed by atoms with Crippen molar-refractivity contribution < 1.29 is 24.2 Å². The van der Waals surface area contributed by atoms with Gasteiger partial charge in [0.25, 0.3) is 11.7 Å². The highest BCUT2D eigenvalue weighted by atomic mass is 35.5. The number of rotatable bonds is 6. The van der Waals surface area contributed by atoms with Crippen molar-refractivity contribution in [3.63, 3.8) is 0 Å². The molecule has 33 heavy (non-hydrogen) atoms. The molecule has 1 amide bonds. The zero-order valence-corrected chi connectivity index (χ0v) is 18.6. The predicted octanol–water partition coefficient (Wildman–Crippen LogP) is 3.77. The monoisotopic (exact) mass is 465 g/mol. The third-order valence-corrected chi connectivity index (χ3v) is 5.64. The van der Waals surface area contributed by atoms with Gasteiger partial charge in [0.1, 0.15) is 17.3 Å². The number of ketones is 1. The topological polar surface area (TPSA) is 102 Å². The second-order valence-electron chi connectivity index (χ2n) is 7.26. The van der Waals surface area contributed by atoms with E-state index in [0.717, 1.165) is 5.56 Å². The maximum atomic E-state index is 13.2. The van der Waals surface area contributed by atoms with E-state index in [-0.39, 0.29) is 34.2 Å². The fraction of sp³-hybridized carbons (Fsp3) is 0.167. The van der Waals surface area contributed by atoms with Crippen LogP contribution in [-0.4, -0.2) is 45.9 Å². The standard InChI is InChI=1S/C24H20ClN3O5/c1-32-18-10-17(25)19(33-2)9-16(18)22(29)20-21(15-6-4-8-27-12-15)28(24(31)23(20)30)13-14-5-3-7-26-11-14/h3-12,21,29H,13H2,1-2H3/b22-20+. The van der Waals surface area contributed by atoms with E-state index < -0.39 is 23.5 Å². The Balaban J connectivity index is 1.91. The zero-order chi connectivity index (χ0) is 23.5. The molecule has 1 aromatic carbocycles. The molecule has 3 heterocycles. The van der Waals surface area contributed by atoms with Gasteiger partial charge < -0.3 is 19.5 Å². The number of carbonyl (C=O) groups excluding carboxylic acids is 2. The van der Waals surface area contributed by atoms with Gasteiger partial charge in [-0.3, -0.25) is 19.6 Å². The van der Waals surface area contributed by atoms with Crippen molar-refractivity contribution >= 4 is 29.1 Å². The van der Waals surface area contributed by atoms with Gasteiger partial charge in [0.05, 0.1) is 36.4 Å². The van der Waals surface area contributed by atoms with Crippen LogP contribution in [0.15, 0.2) is 66.8 Å².